The van der Waals surface area contributed by atoms with Gasteiger partial charge in [0.05, 0.1) is 24.4 Å². The van der Waals surface area contributed by atoms with Crippen LogP contribution in [-0.4, -0.2) is 83.4 Å². The van der Waals surface area contributed by atoms with Crippen molar-refractivity contribution in [1.82, 2.24) is 15.6 Å². The number of aliphatic carboxylic acids is 1. The maximum Gasteiger partial charge on any atom is 0.490 e. The Kier molecular flexibility index (Phi) is 13.5. The minimum atomic E-state index is -5.08. The Bertz CT molecular complexity index is 2180. The van der Waals surface area contributed by atoms with Gasteiger partial charge in [0.25, 0.3) is 5.91 Å². The number of anilines is 2. The third-order valence-electron chi connectivity index (χ3n) is 10.3. The van der Waals surface area contributed by atoms with E-state index < -0.39 is 46.4 Å². The van der Waals surface area contributed by atoms with E-state index >= 15 is 0 Å². The van der Waals surface area contributed by atoms with Gasteiger partial charge in [0, 0.05) is 24.6 Å². The van der Waals surface area contributed by atoms with Crippen LogP contribution in [0.1, 0.15) is 53.2 Å². The van der Waals surface area contributed by atoms with Gasteiger partial charge in [-0.2, -0.15) is 13.2 Å². The predicted octanol–water partition coefficient (Wildman–Crippen LogP) is 4.35. The number of hydrogen-bond acceptors (Lipinski definition) is 11. The van der Waals surface area contributed by atoms with E-state index in [1.807, 2.05) is 54.6 Å². The number of nitrogens with one attached hydrogen (secondary N) is 2. The van der Waals surface area contributed by atoms with Gasteiger partial charge in [-0.3, -0.25) is 14.9 Å². The van der Waals surface area contributed by atoms with E-state index in [1.54, 1.807) is 49.5 Å². The van der Waals surface area contributed by atoms with Crippen molar-refractivity contribution in [3.05, 3.63) is 119 Å². The van der Waals surface area contributed by atoms with Crippen LogP contribution in [0.15, 0.2) is 97.2 Å². The minimum Gasteiger partial charge on any atom is -0.490 e. The largest absolute Gasteiger partial charge is 0.490 e. The van der Waals surface area contributed by atoms with Crippen molar-refractivity contribution < 1.29 is 56.5 Å². The summed E-state index contributed by atoms with van der Waals surface area (Å²) in [4.78, 5) is 81.0. The van der Waals surface area contributed by atoms with Gasteiger partial charge in [-0.05, 0) is 60.2 Å². The fourth-order valence-corrected chi connectivity index (χ4v) is 7.22. The molecule has 14 nitrogen and oxygen atoms in total. The van der Waals surface area contributed by atoms with Gasteiger partial charge in [-0.25, -0.2) is 14.6 Å². The number of amides is 2. The minimum absolute atomic E-state index is 0.0691. The Morgan fingerprint density at radius 2 is 1.64 bits per heavy atom. The van der Waals surface area contributed by atoms with Gasteiger partial charge >= 0.3 is 18.1 Å². The molecule has 1 saturated heterocycles. The summed E-state index contributed by atoms with van der Waals surface area (Å²) >= 11 is 0. The molecule has 2 aliphatic rings. The number of rotatable bonds is 16. The molecule has 1 fully saturated rings. The first kappa shape index (κ1) is 43.5. The van der Waals surface area contributed by atoms with Crippen molar-refractivity contribution in [3.8, 4) is 5.75 Å². The SMILES string of the molecule is CC(CN1C(=O)CNC(=O)c2cc(CCCCOc3cccnc3N)ccc21)(c1ccccc1)[C@@]1(C(=O)OCc2ccccc2)NC1(C=O)CC=O.O=C(O)C(F)(F)F. The zero-order chi connectivity index (χ0) is 42.8. The van der Waals surface area contributed by atoms with Gasteiger partial charge in [-0.15, -0.1) is 0 Å². The zero-order valence-electron chi connectivity index (χ0n) is 31.9. The lowest BCUT2D eigenvalue weighted by atomic mass is 9.65. The molecule has 2 aliphatic heterocycles. The van der Waals surface area contributed by atoms with Gasteiger partial charge in [0.2, 0.25) is 5.91 Å². The maximum absolute atomic E-state index is 14.4. The molecule has 3 aromatic carbocycles. The number of esters is 1. The summed E-state index contributed by atoms with van der Waals surface area (Å²) in [5.41, 5.74) is 4.09. The number of carboxylic acid groups (broad SMARTS) is 1. The summed E-state index contributed by atoms with van der Waals surface area (Å²) in [5, 5.41) is 13.0. The molecule has 0 radical (unpaired) electrons. The van der Waals surface area contributed by atoms with E-state index in [-0.39, 0.29) is 26.1 Å². The summed E-state index contributed by atoms with van der Waals surface area (Å²) in [5.74, 6) is -3.45. The number of carboxylic acids is 1. The van der Waals surface area contributed by atoms with Crippen LogP contribution >= 0.6 is 0 Å². The van der Waals surface area contributed by atoms with Crippen molar-refractivity contribution in [3.63, 3.8) is 0 Å². The number of aryl methyl sites for hydroxylation is 1. The molecule has 3 atom stereocenters. The zero-order valence-corrected chi connectivity index (χ0v) is 31.9. The highest BCUT2D eigenvalue weighted by Gasteiger charge is 2.80. The van der Waals surface area contributed by atoms with E-state index in [4.69, 9.17) is 25.1 Å². The Hall–Kier alpha value is -6.62. The number of carbonyl (C=O) groups excluding carboxylic acids is 5. The highest BCUT2D eigenvalue weighted by molar-refractivity contribution is 6.10. The monoisotopic (exact) mass is 817 g/mol. The molecule has 1 aromatic heterocycles. The van der Waals surface area contributed by atoms with E-state index in [9.17, 15) is 37.1 Å². The lowest BCUT2D eigenvalue weighted by Gasteiger charge is -2.41. The molecule has 2 unspecified atom stereocenters. The standard InChI is InChI=1S/C40H41N5O7.C2HF3O2/c1-38(30-14-6-3-7-15-30,40(39(27-47,44-40)19-21-46)37(50)52-25-29-12-4-2-5-13-29)26-45-32-18-17-28(23-31(32)36(49)43-24-34(45)48)11-8-9-22-51-33-16-10-20-42-35(33)41;3-2(4,5)1(6)7/h2-7,10,12-18,20-21,23,27,44H,8-9,11,19,22,24-26H2,1H3,(H2,41,42)(H,43,49);(H,6,7)/t38?,39?,40-;/m1./s1. The predicted molar refractivity (Wildman–Crippen MR) is 207 cm³/mol. The Labute approximate surface area is 336 Å². The number of hydrogen-bond donors (Lipinski definition) is 4. The molecular formula is C42H42F3N5O9. The second kappa shape index (κ2) is 18.3. The number of ether oxygens (including phenoxy) is 2. The van der Waals surface area contributed by atoms with Crippen molar-refractivity contribution in [2.75, 3.05) is 30.3 Å². The summed E-state index contributed by atoms with van der Waals surface area (Å²) in [7, 11) is 0. The van der Waals surface area contributed by atoms with E-state index in [0.717, 1.165) is 24.0 Å². The third kappa shape index (κ3) is 9.41. The molecule has 310 valence electrons. The number of carbonyl (C=O) groups is 6. The maximum atomic E-state index is 14.4. The van der Waals surface area contributed by atoms with Crippen LogP contribution in [0, 0.1) is 0 Å². The number of nitrogens with zero attached hydrogens (tertiary/aromatic N) is 2. The molecule has 17 heteroatoms. The number of aldehydes is 2. The van der Waals surface area contributed by atoms with Crippen molar-refractivity contribution in [2.24, 2.45) is 0 Å². The lowest BCUT2D eigenvalue weighted by Crippen LogP contribution is -2.59. The third-order valence-corrected chi connectivity index (χ3v) is 10.3. The van der Waals surface area contributed by atoms with Crippen LogP contribution in [0.3, 0.4) is 0 Å². The molecule has 0 saturated carbocycles. The topological polar surface area (TPSA) is 217 Å². The molecule has 0 spiro atoms. The molecule has 0 bridgehead atoms. The molecule has 59 heavy (non-hydrogen) atoms. The molecule has 0 aliphatic carbocycles. The summed E-state index contributed by atoms with van der Waals surface area (Å²) in [6.45, 7) is 1.73. The second-order valence-electron chi connectivity index (χ2n) is 14.1. The number of nitrogens with two attached hydrogens (primary N) is 1. The van der Waals surface area contributed by atoms with Gasteiger partial charge in [0.1, 0.15) is 24.7 Å². The van der Waals surface area contributed by atoms with E-state index in [0.29, 0.717) is 54.0 Å². The van der Waals surface area contributed by atoms with E-state index in [2.05, 4.69) is 15.6 Å². The number of fused-ring (bicyclic) bond motifs is 1. The number of alkyl halides is 3. The van der Waals surface area contributed by atoms with Crippen LogP contribution in [0.4, 0.5) is 24.7 Å². The summed E-state index contributed by atoms with van der Waals surface area (Å²) in [6, 6.07) is 27.1. The summed E-state index contributed by atoms with van der Waals surface area (Å²) in [6.07, 6.45) is -0.467. The van der Waals surface area contributed by atoms with Gasteiger partial charge in [-0.1, -0.05) is 73.7 Å². The molecular weight excluding hydrogens is 775 g/mol. The van der Waals surface area contributed by atoms with Crippen LogP contribution < -0.4 is 26.0 Å². The number of halogens is 3. The molecule has 3 heterocycles. The van der Waals surface area contributed by atoms with Crippen molar-refractivity contribution in [1.29, 1.82) is 0 Å². The highest BCUT2D eigenvalue weighted by atomic mass is 19.4. The van der Waals surface area contributed by atoms with Gasteiger partial charge in [0.15, 0.2) is 17.1 Å². The lowest BCUT2D eigenvalue weighted by molar-refractivity contribution is -0.192. The van der Waals surface area contributed by atoms with Crippen molar-refractivity contribution in [2.45, 2.75) is 61.9 Å². The first-order valence-electron chi connectivity index (χ1n) is 18.4. The normalized spacial score (nSPS) is 19.4. The molecule has 2 amide bonds. The molecule has 6 rings (SSSR count). The fourth-order valence-electron chi connectivity index (χ4n) is 7.22. The van der Waals surface area contributed by atoms with Crippen LogP contribution in [0.2, 0.25) is 0 Å². The Morgan fingerprint density at radius 3 is 2.27 bits per heavy atom. The van der Waals surface area contributed by atoms with Gasteiger partial charge < -0.3 is 40.1 Å². The first-order valence-corrected chi connectivity index (χ1v) is 18.4. The first-order chi connectivity index (χ1) is 28.1. The molecule has 5 N–H and O–H groups in total. The quantitative estimate of drug-likeness (QED) is 0.0538. The Balaban J connectivity index is 0.000000867. The van der Waals surface area contributed by atoms with Crippen LogP contribution in [-0.2, 0) is 47.2 Å². The average molecular weight is 818 g/mol. The van der Waals surface area contributed by atoms with Crippen LogP contribution in [0.5, 0.6) is 5.75 Å². The number of pyridine rings is 1. The summed E-state index contributed by atoms with van der Waals surface area (Å²) < 4.78 is 43.4. The van der Waals surface area contributed by atoms with E-state index in [1.165, 1.54) is 4.90 Å². The second-order valence-corrected chi connectivity index (χ2v) is 14.1. The number of nitrogen functional groups attached to an aromatic ring is 1. The number of benzene rings is 3. The number of unbranched alkanes of at least 4 members (excludes halogenated alkanes) is 1. The van der Waals surface area contributed by atoms with Crippen LogP contribution in [0.25, 0.3) is 0 Å². The smallest absolute Gasteiger partial charge is 0.490 e. The average Bonchev–Trinajstić information content (AvgIpc) is 3.94. The number of aromatic nitrogens is 1. The highest BCUT2D eigenvalue weighted by Crippen LogP contribution is 2.55. The fraction of sp³-hybridized carbons (Fsp3) is 0.310. The van der Waals surface area contributed by atoms with Crippen molar-refractivity contribution >= 4 is 47.8 Å². The Morgan fingerprint density at radius 1 is 0.966 bits per heavy atom. The molecule has 4 aromatic rings.